The normalized spacial score (nSPS) is 21.8. The van der Waals surface area contributed by atoms with E-state index in [1.54, 1.807) is 11.0 Å². The number of amides is 1. The van der Waals surface area contributed by atoms with Gasteiger partial charge < -0.3 is 24.2 Å². The van der Waals surface area contributed by atoms with E-state index in [9.17, 15) is 14.7 Å². The third-order valence-electron chi connectivity index (χ3n) is 8.13. The molecule has 3 aliphatic rings. The third kappa shape index (κ3) is 5.91. The van der Waals surface area contributed by atoms with E-state index in [1.807, 2.05) is 73.7 Å². The standard InChI is InChI=1S/C34H36N2O6/c1-23-20-27-21-26(10-13-29(27)42-23)32(37)30-31(25-8-11-28(12-9-25)41-22-24-6-3-2-4-7-24)36(34(39)33(30)38)15-5-14-35-16-18-40-19-17-35/h2-4,6-13,21,23,31,37H,5,14-20,22H2,1H3/b32-30+. The van der Waals surface area contributed by atoms with Crippen LogP contribution >= 0.6 is 0 Å². The molecule has 2 fully saturated rings. The van der Waals surface area contributed by atoms with E-state index in [1.165, 1.54) is 0 Å². The molecule has 1 amide bonds. The number of ketones is 1. The first kappa shape index (κ1) is 28.0. The molecule has 0 spiro atoms. The van der Waals surface area contributed by atoms with Crippen LogP contribution in [0.3, 0.4) is 0 Å². The molecule has 0 saturated carbocycles. The molecule has 0 aliphatic carbocycles. The fraction of sp³-hybridized carbons (Fsp3) is 0.353. The molecular weight excluding hydrogens is 532 g/mol. The summed E-state index contributed by atoms with van der Waals surface area (Å²) < 4.78 is 17.2. The average Bonchev–Trinajstić information content (AvgIpc) is 3.52. The van der Waals surface area contributed by atoms with Crippen molar-refractivity contribution >= 4 is 17.4 Å². The van der Waals surface area contributed by atoms with Crippen LogP contribution in [0.25, 0.3) is 5.76 Å². The van der Waals surface area contributed by atoms with E-state index in [0.717, 1.165) is 48.5 Å². The topological polar surface area (TPSA) is 88.5 Å². The molecule has 3 aromatic carbocycles. The number of carbonyl (C=O) groups excluding carboxylic acids is 2. The molecule has 0 bridgehead atoms. The van der Waals surface area contributed by atoms with Crippen LogP contribution in [-0.2, 0) is 27.4 Å². The van der Waals surface area contributed by atoms with Gasteiger partial charge in [-0.1, -0.05) is 42.5 Å². The summed E-state index contributed by atoms with van der Waals surface area (Å²) in [6.45, 7) is 6.73. The number of carbonyl (C=O) groups is 2. The van der Waals surface area contributed by atoms with Crippen molar-refractivity contribution in [2.45, 2.75) is 38.5 Å². The summed E-state index contributed by atoms with van der Waals surface area (Å²) in [5.41, 5.74) is 3.39. The van der Waals surface area contributed by atoms with Crippen LogP contribution in [0.1, 0.15) is 41.6 Å². The molecule has 2 atom stereocenters. The van der Waals surface area contributed by atoms with Gasteiger partial charge in [-0.15, -0.1) is 0 Å². The highest BCUT2D eigenvalue weighted by molar-refractivity contribution is 6.46. The predicted octanol–water partition coefficient (Wildman–Crippen LogP) is 4.73. The van der Waals surface area contributed by atoms with Gasteiger partial charge in [-0.3, -0.25) is 14.5 Å². The Labute approximate surface area is 246 Å². The molecule has 6 rings (SSSR count). The zero-order valence-corrected chi connectivity index (χ0v) is 23.8. The van der Waals surface area contributed by atoms with Gasteiger partial charge >= 0.3 is 0 Å². The van der Waals surface area contributed by atoms with E-state index in [4.69, 9.17) is 14.2 Å². The van der Waals surface area contributed by atoms with Crippen LogP contribution < -0.4 is 9.47 Å². The fourth-order valence-electron chi connectivity index (χ4n) is 5.96. The van der Waals surface area contributed by atoms with E-state index in [-0.39, 0.29) is 17.4 Å². The summed E-state index contributed by atoms with van der Waals surface area (Å²) >= 11 is 0. The summed E-state index contributed by atoms with van der Waals surface area (Å²) in [6.07, 6.45) is 1.48. The van der Waals surface area contributed by atoms with Crippen LogP contribution in [0.5, 0.6) is 11.5 Å². The maximum absolute atomic E-state index is 13.5. The van der Waals surface area contributed by atoms with Gasteiger partial charge in [0.2, 0.25) is 0 Å². The number of nitrogens with zero attached hydrogens (tertiary/aromatic N) is 2. The molecule has 42 heavy (non-hydrogen) atoms. The highest BCUT2D eigenvalue weighted by atomic mass is 16.5. The van der Waals surface area contributed by atoms with Gasteiger partial charge in [0.25, 0.3) is 11.7 Å². The molecule has 1 N–H and O–H groups in total. The first-order valence-corrected chi connectivity index (χ1v) is 14.6. The van der Waals surface area contributed by atoms with Crippen LogP contribution in [0.15, 0.2) is 78.4 Å². The van der Waals surface area contributed by atoms with Crippen LogP contribution in [0.2, 0.25) is 0 Å². The Morgan fingerprint density at radius 1 is 0.976 bits per heavy atom. The van der Waals surface area contributed by atoms with Crippen molar-refractivity contribution in [3.8, 4) is 11.5 Å². The van der Waals surface area contributed by atoms with Gasteiger partial charge in [0.15, 0.2) is 0 Å². The summed E-state index contributed by atoms with van der Waals surface area (Å²) in [5.74, 6) is 0.0371. The van der Waals surface area contributed by atoms with Crippen molar-refractivity contribution in [3.63, 3.8) is 0 Å². The Morgan fingerprint density at radius 2 is 1.74 bits per heavy atom. The smallest absolute Gasteiger partial charge is 0.295 e. The Kier molecular flexibility index (Phi) is 8.26. The SMILES string of the molecule is CC1Cc2cc(/C(O)=C3\C(=O)C(=O)N(CCCN4CCOCC4)C3c3ccc(OCc4ccccc4)cc3)ccc2O1. The molecule has 8 heteroatoms. The second-order valence-corrected chi connectivity index (χ2v) is 11.1. The van der Waals surface area contributed by atoms with Gasteiger partial charge in [0.05, 0.1) is 24.8 Å². The van der Waals surface area contributed by atoms with Crippen LogP contribution in [0.4, 0.5) is 0 Å². The number of hydrogen-bond acceptors (Lipinski definition) is 7. The number of rotatable bonds is 9. The molecular formula is C34H36N2O6. The van der Waals surface area contributed by atoms with Crippen molar-refractivity contribution < 1.29 is 28.9 Å². The molecule has 218 valence electrons. The lowest BCUT2D eigenvalue weighted by atomic mass is 9.94. The van der Waals surface area contributed by atoms with E-state index in [2.05, 4.69) is 4.90 Å². The van der Waals surface area contributed by atoms with E-state index in [0.29, 0.717) is 44.1 Å². The average molecular weight is 569 g/mol. The minimum Gasteiger partial charge on any atom is -0.507 e. The number of ether oxygens (including phenoxy) is 3. The van der Waals surface area contributed by atoms with Gasteiger partial charge in [0, 0.05) is 38.2 Å². The number of hydrogen-bond donors (Lipinski definition) is 1. The van der Waals surface area contributed by atoms with Crippen molar-refractivity contribution in [2.24, 2.45) is 0 Å². The largest absolute Gasteiger partial charge is 0.507 e. The Bertz CT molecular complexity index is 1460. The minimum absolute atomic E-state index is 0.0528. The van der Waals surface area contributed by atoms with Crippen molar-refractivity contribution in [1.82, 2.24) is 9.80 Å². The number of aliphatic hydroxyl groups is 1. The number of likely N-dealkylation sites (tertiary alicyclic amines) is 1. The predicted molar refractivity (Wildman–Crippen MR) is 158 cm³/mol. The molecule has 3 aliphatic heterocycles. The number of benzene rings is 3. The van der Waals surface area contributed by atoms with Crippen molar-refractivity contribution in [3.05, 3.63) is 101 Å². The summed E-state index contributed by atoms with van der Waals surface area (Å²) in [5, 5.41) is 11.5. The van der Waals surface area contributed by atoms with Crippen LogP contribution in [-0.4, -0.2) is 72.1 Å². The number of aliphatic hydroxyl groups excluding tert-OH is 1. The summed E-state index contributed by atoms with van der Waals surface area (Å²) in [6, 6.07) is 22.1. The van der Waals surface area contributed by atoms with Crippen molar-refractivity contribution in [1.29, 1.82) is 0 Å². The lowest BCUT2D eigenvalue weighted by Gasteiger charge is -2.29. The minimum atomic E-state index is -0.707. The molecule has 8 nitrogen and oxygen atoms in total. The zero-order chi connectivity index (χ0) is 29.1. The quantitative estimate of drug-likeness (QED) is 0.227. The Morgan fingerprint density at radius 3 is 2.50 bits per heavy atom. The molecule has 2 saturated heterocycles. The second-order valence-electron chi connectivity index (χ2n) is 11.1. The second kappa shape index (κ2) is 12.4. The first-order valence-electron chi connectivity index (χ1n) is 14.6. The van der Waals surface area contributed by atoms with Gasteiger partial charge in [-0.25, -0.2) is 0 Å². The lowest BCUT2D eigenvalue weighted by molar-refractivity contribution is -0.140. The molecule has 3 heterocycles. The van der Waals surface area contributed by atoms with Gasteiger partial charge in [-0.05, 0) is 60.4 Å². The molecule has 3 aromatic rings. The molecule has 0 aromatic heterocycles. The summed E-state index contributed by atoms with van der Waals surface area (Å²) in [4.78, 5) is 30.8. The highest BCUT2D eigenvalue weighted by Crippen LogP contribution is 2.41. The molecule has 2 unspecified atom stereocenters. The van der Waals surface area contributed by atoms with Crippen molar-refractivity contribution in [2.75, 3.05) is 39.4 Å². The zero-order valence-electron chi connectivity index (χ0n) is 23.8. The Hall–Kier alpha value is -4.14. The number of morpholine rings is 1. The maximum atomic E-state index is 13.5. The highest BCUT2D eigenvalue weighted by Gasteiger charge is 2.46. The van der Waals surface area contributed by atoms with Crippen LogP contribution in [0, 0.1) is 0 Å². The fourth-order valence-corrected chi connectivity index (χ4v) is 5.96. The third-order valence-corrected chi connectivity index (χ3v) is 8.13. The van der Waals surface area contributed by atoms with Gasteiger partial charge in [0.1, 0.15) is 30.0 Å². The Balaban J connectivity index is 1.29. The lowest BCUT2D eigenvalue weighted by Crippen LogP contribution is -2.38. The van der Waals surface area contributed by atoms with E-state index >= 15 is 0 Å². The van der Waals surface area contributed by atoms with Gasteiger partial charge in [-0.2, -0.15) is 0 Å². The first-order chi connectivity index (χ1) is 20.5. The summed E-state index contributed by atoms with van der Waals surface area (Å²) in [7, 11) is 0. The number of fused-ring (bicyclic) bond motifs is 1. The van der Waals surface area contributed by atoms with E-state index < -0.39 is 17.7 Å². The number of Topliss-reactive ketones (excluding diaryl/α,β-unsaturated/α-hetero) is 1. The maximum Gasteiger partial charge on any atom is 0.295 e. The monoisotopic (exact) mass is 568 g/mol. The molecule has 0 radical (unpaired) electrons.